The Labute approximate surface area is 110 Å². The molecular weight excluding hydrogens is 222 g/mol. The summed E-state index contributed by atoms with van der Waals surface area (Å²) in [4.78, 5) is 9.18. The van der Waals surface area contributed by atoms with Gasteiger partial charge < -0.3 is 9.88 Å². The molecule has 0 saturated carbocycles. The molecule has 0 bridgehead atoms. The van der Waals surface area contributed by atoms with Gasteiger partial charge in [0.25, 0.3) is 0 Å². The SMILES string of the molecule is CCCCc1cc(N(C)C)c[nH]1.c1ccncc1. The van der Waals surface area contributed by atoms with E-state index in [1.807, 2.05) is 18.2 Å². The highest BCUT2D eigenvalue weighted by Gasteiger charge is 1.99. The highest BCUT2D eigenvalue weighted by Crippen LogP contribution is 2.13. The molecule has 0 saturated heterocycles. The van der Waals surface area contributed by atoms with Gasteiger partial charge in [-0.1, -0.05) is 19.4 Å². The fourth-order valence-electron chi connectivity index (χ4n) is 1.51. The largest absolute Gasteiger partial charge is 0.376 e. The average Bonchev–Trinajstić information content (AvgIpc) is 2.88. The van der Waals surface area contributed by atoms with Crippen LogP contribution in [-0.2, 0) is 6.42 Å². The van der Waals surface area contributed by atoms with Crippen LogP contribution in [-0.4, -0.2) is 24.1 Å². The summed E-state index contributed by atoms with van der Waals surface area (Å²) in [6, 6.07) is 7.93. The van der Waals surface area contributed by atoms with Gasteiger partial charge in [-0.05, 0) is 31.0 Å². The molecule has 0 atom stereocenters. The van der Waals surface area contributed by atoms with Crippen LogP contribution in [0.1, 0.15) is 25.5 Å². The van der Waals surface area contributed by atoms with Crippen molar-refractivity contribution in [2.75, 3.05) is 19.0 Å². The molecule has 3 heteroatoms. The van der Waals surface area contributed by atoms with Crippen LogP contribution in [0.5, 0.6) is 0 Å². The zero-order chi connectivity index (χ0) is 13.2. The van der Waals surface area contributed by atoms with Gasteiger partial charge in [-0.25, -0.2) is 0 Å². The van der Waals surface area contributed by atoms with E-state index in [1.54, 1.807) is 12.4 Å². The zero-order valence-electron chi connectivity index (χ0n) is 11.6. The van der Waals surface area contributed by atoms with Crippen molar-refractivity contribution in [3.63, 3.8) is 0 Å². The molecule has 0 amide bonds. The minimum Gasteiger partial charge on any atom is -0.376 e. The first-order chi connectivity index (χ1) is 8.74. The van der Waals surface area contributed by atoms with Crippen LogP contribution in [0.2, 0.25) is 0 Å². The average molecular weight is 245 g/mol. The number of nitrogens with zero attached hydrogens (tertiary/aromatic N) is 2. The van der Waals surface area contributed by atoms with Crippen molar-refractivity contribution in [3.8, 4) is 0 Å². The number of hydrogen-bond donors (Lipinski definition) is 1. The molecule has 0 aliphatic carbocycles. The van der Waals surface area contributed by atoms with Crippen LogP contribution < -0.4 is 4.90 Å². The zero-order valence-corrected chi connectivity index (χ0v) is 11.6. The van der Waals surface area contributed by atoms with Gasteiger partial charge in [0.15, 0.2) is 0 Å². The minimum absolute atomic E-state index is 1.17. The number of rotatable bonds is 4. The van der Waals surface area contributed by atoms with Gasteiger partial charge in [0.05, 0.1) is 5.69 Å². The van der Waals surface area contributed by atoms with Gasteiger partial charge in [0.2, 0.25) is 0 Å². The van der Waals surface area contributed by atoms with E-state index in [0.29, 0.717) is 0 Å². The molecule has 2 aromatic rings. The number of hydrogen-bond acceptors (Lipinski definition) is 2. The molecule has 0 spiro atoms. The Balaban J connectivity index is 0.000000225. The first kappa shape index (κ1) is 14.3. The second kappa shape index (κ2) is 8.34. The Hall–Kier alpha value is -1.77. The van der Waals surface area contributed by atoms with Crippen molar-refractivity contribution in [3.05, 3.63) is 48.5 Å². The van der Waals surface area contributed by atoms with E-state index in [4.69, 9.17) is 0 Å². The topological polar surface area (TPSA) is 31.9 Å². The van der Waals surface area contributed by atoms with Gasteiger partial charge >= 0.3 is 0 Å². The molecule has 3 nitrogen and oxygen atoms in total. The maximum absolute atomic E-state index is 3.78. The van der Waals surface area contributed by atoms with E-state index in [9.17, 15) is 0 Å². The Kier molecular flexibility index (Phi) is 6.62. The maximum Gasteiger partial charge on any atom is 0.0541 e. The standard InChI is InChI=1S/C10H18N2.C5H5N/c1-4-5-6-9-7-10(8-11-9)12(2)3;1-2-4-6-5-3-1/h7-8,11H,4-6H2,1-3H3;1-5H. The molecule has 0 radical (unpaired) electrons. The Bertz CT molecular complexity index is 380. The second-order valence-corrected chi connectivity index (χ2v) is 4.41. The molecule has 0 fully saturated rings. The highest BCUT2D eigenvalue weighted by atomic mass is 15.1. The number of pyridine rings is 1. The monoisotopic (exact) mass is 245 g/mol. The lowest BCUT2D eigenvalue weighted by atomic mass is 10.2. The van der Waals surface area contributed by atoms with E-state index in [0.717, 1.165) is 0 Å². The van der Waals surface area contributed by atoms with Crippen LogP contribution in [0, 0.1) is 0 Å². The molecule has 18 heavy (non-hydrogen) atoms. The summed E-state index contributed by atoms with van der Waals surface area (Å²) in [5, 5.41) is 0. The van der Waals surface area contributed by atoms with E-state index >= 15 is 0 Å². The summed E-state index contributed by atoms with van der Waals surface area (Å²) in [6.45, 7) is 2.22. The molecule has 2 rings (SSSR count). The Morgan fingerprint density at radius 3 is 2.28 bits per heavy atom. The van der Waals surface area contributed by atoms with Crippen molar-refractivity contribution in [1.29, 1.82) is 0 Å². The van der Waals surface area contributed by atoms with E-state index in [2.05, 4.69) is 48.2 Å². The van der Waals surface area contributed by atoms with Crippen molar-refractivity contribution >= 4 is 5.69 Å². The predicted octanol–water partition coefficient (Wildman–Crippen LogP) is 3.50. The number of nitrogens with one attached hydrogen (secondary N) is 1. The third-order valence-corrected chi connectivity index (χ3v) is 2.61. The second-order valence-electron chi connectivity index (χ2n) is 4.41. The Morgan fingerprint density at radius 1 is 1.17 bits per heavy atom. The molecule has 0 aromatic carbocycles. The Morgan fingerprint density at radius 2 is 1.89 bits per heavy atom. The van der Waals surface area contributed by atoms with Gasteiger partial charge in [-0.15, -0.1) is 0 Å². The normalized spacial score (nSPS) is 9.50. The van der Waals surface area contributed by atoms with Gasteiger partial charge in [0, 0.05) is 38.4 Å². The molecule has 0 aliphatic rings. The third-order valence-electron chi connectivity index (χ3n) is 2.61. The van der Waals surface area contributed by atoms with Gasteiger partial charge in [-0.3, -0.25) is 4.98 Å². The van der Waals surface area contributed by atoms with Crippen LogP contribution >= 0.6 is 0 Å². The molecule has 0 unspecified atom stereocenters. The van der Waals surface area contributed by atoms with Crippen LogP contribution in [0.3, 0.4) is 0 Å². The summed E-state index contributed by atoms with van der Waals surface area (Å²) in [6.07, 6.45) is 9.26. The first-order valence-corrected chi connectivity index (χ1v) is 6.43. The van der Waals surface area contributed by atoms with E-state index in [1.165, 1.54) is 30.6 Å². The number of anilines is 1. The number of H-pyrrole nitrogens is 1. The lowest BCUT2D eigenvalue weighted by Crippen LogP contribution is -2.06. The van der Waals surface area contributed by atoms with Crippen molar-refractivity contribution < 1.29 is 0 Å². The van der Waals surface area contributed by atoms with Gasteiger partial charge in [0.1, 0.15) is 0 Å². The fraction of sp³-hybridized carbons (Fsp3) is 0.400. The summed E-state index contributed by atoms with van der Waals surface area (Å²) in [5.41, 5.74) is 2.61. The molecule has 2 heterocycles. The fourth-order valence-corrected chi connectivity index (χ4v) is 1.51. The highest BCUT2D eigenvalue weighted by molar-refractivity contribution is 5.44. The van der Waals surface area contributed by atoms with Crippen LogP contribution in [0.15, 0.2) is 42.9 Å². The number of aryl methyl sites for hydroxylation is 1. The molecule has 1 N–H and O–H groups in total. The van der Waals surface area contributed by atoms with Crippen molar-refractivity contribution in [2.45, 2.75) is 26.2 Å². The minimum atomic E-state index is 1.17. The first-order valence-electron chi connectivity index (χ1n) is 6.43. The number of aromatic amines is 1. The molecule has 2 aromatic heterocycles. The summed E-state index contributed by atoms with van der Waals surface area (Å²) < 4.78 is 0. The molecular formula is C15H23N3. The maximum atomic E-state index is 3.78. The summed E-state index contributed by atoms with van der Waals surface area (Å²) in [5.74, 6) is 0. The van der Waals surface area contributed by atoms with Crippen LogP contribution in [0.4, 0.5) is 5.69 Å². The van der Waals surface area contributed by atoms with Gasteiger partial charge in [-0.2, -0.15) is 0 Å². The number of unbranched alkanes of at least 4 members (excludes halogenated alkanes) is 1. The third kappa shape index (κ3) is 5.53. The van der Waals surface area contributed by atoms with Crippen LogP contribution in [0.25, 0.3) is 0 Å². The lowest BCUT2D eigenvalue weighted by Gasteiger charge is -2.07. The number of aromatic nitrogens is 2. The van der Waals surface area contributed by atoms with E-state index in [-0.39, 0.29) is 0 Å². The molecule has 0 aliphatic heterocycles. The van der Waals surface area contributed by atoms with Crippen molar-refractivity contribution in [1.82, 2.24) is 9.97 Å². The predicted molar refractivity (Wildman–Crippen MR) is 78.0 cm³/mol. The quantitative estimate of drug-likeness (QED) is 0.894. The summed E-state index contributed by atoms with van der Waals surface area (Å²) in [7, 11) is 4.12. The summed E-state index contributed by atoms with van der Waals surface area (Å²) >= 11 is 0. The smallest absolute Gasteiger partial charge is 0.0541 e. The van der Waals surface area contributed by atoms with E-state index < -0.39 is 0 Å². The molecule has 98 valence electrons. The lowest BCUT2D eigenvalue weighted by molar-refractivity contribution is 0.781. The van der Waals surface area contributed by atoms with Crippen molar-refractivity contribution in [2.24, 2.45) is 0 Å².